The molecule has 5 heteroatoms. The van der Waals surface area contributed by atoms with Crippen molar-refractivity contribution in [3.8, 4) is 0 Å². The number of nitrogens with one attached hydrogen (secondary N) is 2. The third-order valence-electron chi connectivity index (χ3n) is 4.71. The molecule has 2 amide bonds. The molecule has 19 heavy (non-hydrogen) atoms. The Morgan fingerprint density at radius 2 is 1.74 bits per heavy atom. The summed E-state index contributed by atoms with van der Waals surface area (Å²) in [7, 11) is 0. The Morgan fingerprint density at radius 1 is 1.21 bits per heavy atom. The minimum atomic E-state index is -1.07. The fraction of sp³-hybridized carbons (Fsp3) is 0.857. The molecule has 1 atom stereocenters. The number of carbonyl (C=O) groups excluding carboxylic acids is 1. The van der Waals surface area contributed by atoms with Gasteiger partial charge in [0.1, 0.15) is 5.54 Å². The van der Waals surface area contributed by atoms with Gasteiger partial charge in [0.05, 0.1) is 0 Å². The molecule has 0 radical (unpaired) electrons. The number of rotatable bonds is 3. The Balaban J connectivity index is 1.94. The van der Waals surface area contributed by atoms with Crippen molar-refractivity contribution in [1.82, 2.24) is 10.6 Å². The molecule has 3 N–H and O–H groups in total. The first kappa shape index (κ1) is 14.2. The third-order valence-corrected chi connectivity index (χ3v) is 4.71. The van der Waals surface area contributed by atoms with E-state index >= 15 is 0 Å². The van der Waals surface area contributed by atoms with Gasteiger partial charge in [0.2, 0.25) is 0 Å². The molecule has 108 valence electrons. The van der Waals surface area contributed by atoms with E-state index in [1.807, 2.05) is 0 Å². The maximum atomic E-state index is 12.0. The van der Waals surface area contributed by atoms with E-state index in [0.29, 0.717) is 18.8 Å². The molecule has 1 unspecified atom stereocenters. The van der Waals surface area contributed by atoms with Crippen LogP contribution in [0.4, 0.5) is 4.79 Å². The SMILES string of the molecule is CC1CCC(NC(=O)NC2CC2(C)C)(C(=O)O)CC1. The number of urea groups is 1. The summed E-state index contributed by atoms with van der Waals surface area (Å²) in [5.41, 5.74) is -0.926. The number of amides is 2. The maximum Gasteiger partial charge on any atom is 0.329 e. The lowest BCUT2D eigenvalue weighted by molar-refractivity contribution is -0.146. The molecule has 0 aliphatic heterocycles. The quantitative estimate of drug-likeness (QED) is 0.733. The minimum Gasteiger partial charge on any atom is -0.480 e. The molecule has 2 saturated carbocycles. The molecule has 0 aromatic rings. The van der Waals surface area contributed by atoms with Crippen LogP contribution in [0, 0.1) is 11.3 Å². The molecule has 0 bridgehead atoms. The van der Waals surface area contributed by atoms with Crippen LogP contribution in [0.15, 0.2) is 0 Å². The van der Waals surface area contributed by atoms with Crippen LogP contribution in [-0.2, 0) is 4.79 Å². The molecule has 5 nitrogen and oxygen atoms in total. The third kappa shape index (κ3) is 3.01. The van der Waals surface area contributed by atoms with Gasteiger partial charge in [0.15, 0.2) is 0 Å². The number of aliphatic carboxylic acids is 1. The maximum absolute atomic E-state index is 12.0. The Kier molecular flexibility index (Phi) is 3.49. The largest absolute Gasteiger partial charge is 0.480 e. The normalized spacial score (nSPS) is 36.4. The zero-order chi connectivity index (χ0) is 14.3. The van der Waals surface area contributed by atoms with Crippen LogP contribution in [-0.4, -0.2) is 28.7 Å². The number of carboxylic acids is 1. The lowest BCUT2D eigenvalue weighted by Gasteiger charge is -2.36. The fourth-order valence-corrected chi connectivity index (χ4v) is 2.77. The first-order chi connectivity index (χ1) is 8.75. The highest BCUT2D eigenvalue weighted by atomic mass is 16.4. The van der Waals surface area contributed by atoms with Crippen molar-refractivity contribution in [2.24, 2.45) is 11.3 Å². The number of carboxylic acid groups (broad SMARTS) is 1. The standard InChI is InChI=1S/C14H24N2O3/c1-9-4-6-14(7-5-9,11(17)18)16-12(19)15-10-8-13(10,2)3/h9-10H,4-8H2,1-3H3,(H,17,18)(H2,15,16,19). The molecule has 2 aliphatic carbocycles. The van der Waals surface area contributed by atoms with Gasteiger partial charge in [-0.1, -0.05) is 20.8 Å². The second-order valence-electron chi connectivity index (χ2n) is 6.91. The highest BCUT2D eigenvalue weighted by Crippen LogP contribution is 2.44. The van der Waals surface area contributed by atoms with E-state index in [4.69, 9.17) is 0 Å². The zero-order valence-corrected chi connectivity index (χ0v) is 12.0. The monoisotopic (exact) mass is 268 g/mol. The van der Waals surface area contributed by atoms with Crippen molar-refractivity contribution >= 4 is 12.0 Å². The molecule has 2 rings (SSSR count). The second kappa shape index (κ2) is 4.69. The van der Waals surface area contributed by atoms with E-state index in [-0.39, 0.29) is 17.5 Å². The Labute approximate surface area is 114 Å². The van der Waals surface area contributed by atoms with Crippen LogP contribution in [0.2, 0.25) is 0 Å². The highest BCUT2D eigenvalue weighted by Gasteiger charge is 2.48. The van der Waals surface area contributed by atoms with Crippen molar-refractivity contribution in [2.75, 3.05) is 0 Å². The topological polar surface area (TPSA) is 78.4 Å². The molecule has 2 fully saturated rings. The molecule has 0 spiro atoms. The summed E-state index contributed by atoms with van der Waals surface area (Å²) in [5, 5.41) is 15.0. The summed E-state index contributed by atoms with van der Waals surface area (Å²) >= 11 is 0. The van der Waals surface area contributed by atoms with Gasteiger partial charge < -0.3 is 15.7 Å². The van der Waals surface area contributed by atoms with Crippen molar-refractivity contribution in [2.45, 2.75) is 64.5 Å². The smallest absolute Gasteiger partial charge is 0.329 e. The number of carbonyl (C=O) groups is 2. The van der Waals surface area contributed by atoms with Gasteiger partial charge in [-0.25, -0.2) is 9.59 Å². The van der Waals surface area contributed by atoms with Gasteiger partial charge in [-0.15, -0.1) is 0 Å². The Bertz CT molecular complexity index is 384. The van der Waals surface area contributed by atoms with E-state index in [1.54, 1.807) is 0 Å². The number of hydrogen-bond donors (Lipinski definition) is 3. The van der Waals surface area contributed by atoms with Crippen LogP contribution in [0.25, 0.3) is 0 Å². The molecule has 0 heterocycles. The van der Waals surface area contributed by atoms with Crippen molar-refractivity contribution in [3.63, 3.8) is 0 Å². The van der Waals surface area contributed by atoms with Gasteiger partial charge in [0.25, 0.3) is 0 Å². The summed E-state index contributed by atoms with van der Waals surface area (Å²) in [6.45, 7) is 6.30. The van der Waals surface area contributed by atoms with E-state index in [9.17, 15) is 14.7 Å². The molecular weight excluding hydrogens is 244 g/mol. The highest BCUT2D eigenvalue weighted by molar-refractivity contribution is 5.86. The fourth-order valence-electron chi connectivity index (χ4n) is 2.77. The van der Waals surface area contributed by atoms with Gasteiger partial charge in [-0.2, -0.15) is 0 Å². The van der Waals surface area contributed by atoms with Gasteiger partial charge in [-0.05, 0) is 43.4 Å². The van der Waals surface area contributed by atoms with E-state index in [1.165, 1.54) is 0 Å². The molecule has 0 saturated heterocycles. The molecular formula is C14H24N2O3. The van der Waals surface area contributed by atoms with Crippen LogP contribution < -0.4 is 10.6 Å². The van der Waals surface area contributed by atoms with Crippen molar-refractivity contribution in [1.29, 1.82) is 0 Å². The average molecular weight is 268 g/mol. The van der Waals surface area contributed by atoms with Crippen molar-refractivity contribution < 1.29 is 14.7 Å². The average Bonchev–Trinajstić information content (AvgIpc) is 2.89. The van der Waals surface area contributed by atoms with Gasteiger partial charge in [-0.3, -0.25) is 0 Å². The predicted octanol–water partition coefficient (Wildman–Crippen LogP) is 2.12. The summed E-state index contributed by atoms with van der Waals surface area (Å²) in [4.78, 5) is 23.5. The van der Waals surface area contributed by atoms with E-state index in [0.717, 1.165) is 19.3 Å². The molecule has 0 aromatic heterocycles. The lowest BCUT2D eigenvalue weighted by Crippen LogP contribution is -2.59. The van der Waals surface area contributed by atoms with Crippen LogP contribution in [0.3, 0.4) is 0 Å². The summed E-state index contributed by atoms with van der Waals surface area (Å²) in [6, 6.07) is -0.173. The van der Waals surface area contributed by atoms with Crippen molar-refractivity contribution in [3.05, 3.63) is 0 Å². The summed E-state index contributed by atoms with van der Waals surface area (Å²) in [6.07, 6.45) is 3.69. The van der Waals surface area contributed by atoms with Crippen LogP contribution in [0.5, 0.6) is 0 Å². The Hall–Kier alpha value is -1.26. The Morgan fingerprint density at radius 3 is 2.16 bits per heavy atom. The first-order valence-corrected chi connectivity index (χ1v) is 7.07. The van der Waals surface area contributed by atoms with Gasteiger partial charge >= 0.3 is 12.0 Å². The summed E-state index contributed by atoms with van der Waals surface area (Å²) in [5.74, 6) is -0.371. The van der Waals surface area contributed by atoms with E-state index in [2.05, 4.69) is 31.4 Å². The lowest BCUT2D eigenvalue weighted by atomic mass is 9.77. The molecule has 0 aromatic carbocycles. The second-order valence-corrected chi connectivity index (χ2v) is 6.91. The first-order valence-electron chi connectivity index (χ1n) is 7.07. The van der Waals surface area contributed by atoms with E-state index < -0.39 is 11.5 Å². The minimum absolute atomic E-state index is 0.148. The summed E-state index contributed by atoms with van der Waals surface area (Å²) < 4.78 is 0. The zero-order valence-electron chi connectivity index (χ0n) is 12.0. The number of hydrogen-bond acceptors (Lipinski definition) is 2. The van der Waals surface area contributed by atoms with Gasteiger partial charge in [0, 0.05) is 6.04 Å². The predicted molar refractivity (Wildman–Crippen MR) is 71.9 cm³/mol. The molecule has 2 aliphatic rings. The van der Waals surface area contributed by atoms with Crippen LogP contribution in [0.1, 0.15) is 52.9 Å². The van der Waals surface area contributed by atoms with Crippen LogP contribution >= 0.6 is 0 Å².